The van der Waals surface area contributed by atoms with Crippen molar-refractivity contribution in [1.82, 2.24) is 9.97 Å². The van der Waals surface area contributed by atoms with Gasteiger partial charge in [-0.2, -0.15) is 13.2 Å². The SMILES string of the molecule is NCCCNc1cnc(N)nc1-c1cccc(C(F)(F)F)c1. The van der Waals surface area contributed by atoms with E-state index in [1.54, 1.807) is 6.07 Å². The third kappa shape index (κ3) is 3.85. The van der Waals surface area contributed by atoms with Gasteiger partial charge in [-0.3, -0.25) is 0 Å². The average Bonchev–Trinajstić information content (AvgIpc) is 2.48. The fourth-order valence-electron chi connectivity index (χ4n) is 1.91. The van der Waals surface area contributed by atoms with Crippen molar-refractivity contribution >= 4 is 11.6 Å². The van der Waals surface area contributed by atoms with Crippen LogP contribution in [0.25, 0.3) is 11.3 Å². The lowest BCUT2D eigenvalue weighted by Gasteiger charge is -2.13. The van der Waals surface area contributed by atoms with Crippen LogP contribution in [-0.2, 0) is 6.18 Å². The van der Waals surface area contributed by atoms with Crippen LogP contribution >= 0.6 is 0 Å². The van der Waals surface area contributed by atoms with Crippen LogP contribution in [0.1, 0.15) is 12.0 Å². The largest absolute Gasteiger partial charge is 0.416 e. The Hall–Kier alpha value is -2.35. The number of nitrogens with one attached hydrogen (secondary N) is 1. The Morgan fingerprint density at radius 2 is 2.00 bits per heavy atom. The zero-order chi connectivity index (χ0) is 16.2. The first-order valence-corrected chi connectivity index (χ1v) is 6.66. The molecule has 1 aromatic carbocycles. The summed E-state index contributed by atoms with van der Waals surface area (Å²) in [6.45, 7) is 1.07. The molecule has 0 radical (unpaired) electrons. The van der Waals surface area contributed by atoms with E-state index >= 15 is 0 Å². The minimum Gasteiger partial charge on any atom is -0.382 e. The Morgan fingerprint density at radius 3 is 2.68 bits per heavy atom. The highest BCUT2D eigenvalue weighted by Gasteiger charge is 2.30. The topological polar surface area (TPSA) is 89.8 Å². The van der Waals surface area contributed by atoms with Gasteiger partial charge in [0, 0.05) is 12.1 Å². The van der Waals surface area contributed by atoms with Crippen LogP contribution in [0.15, 0.2) is 30.5 Å². The first kappa shape index (κ1) is 16.0. The number of anilines is 2. The van der Waals surface area contributed by atoms with Crippen LogP contribution in [0, 0.1) is 0 Å². The van der Waals surface area contributed by atoms with E-state index in [1.807, 2.05) is 0 Å². The summed E-state index contributed by atoms with van der Waals surface area (Å²) in [5, 5.41) is 3.06. The van der Waals surface area contributed by atoms with Crippen LogP contribution in [0.2, 0.25) is 0 Å². The zero-order valence-electron chi connectivity index (χ0n) is 11.7. The van der Waals surface area contributed by atoms with Gasteiger partial charge < -0.3 is 16.8 Å². The van der Waals surface area contributed by atoms with Crippen molar-refractivity contribution in [3.05, 3.63) is 36.0 Å². The van der Waals surface area contributed by atoms with Gasteiger partial charge in [0.05, 0.1) is 23.1 Å². The average molecular weight is 311 g/mol. The van der Waals surface area contributed by atoms with Gasteiger partial charge in [0.1, 0.15) is 0 Å². The highest BCUT2D eigenvalue weighted by molar-refractivity contribution is 5.74. The molecule has 0 saturated heterocycles. The Morgan fingerprint density at radius 1 is 1.23 bits per heavy atom. The first-order valence-electron chi connectivity index (χ1n) is 6.66. The molecule has 5 nitrogen and oxygen atoms in total. The lowest BCUT2D eigenvalue weighted by molar-refractivity contribution is -0.137. The Balaban J connectivity index is 2.40. The molecule has 8 heteroatoms. The van der Waals surface area contributed by atoms with E-state index < -0.39 is 11.7 Å². The lowest BCUT2D eigenvalue weighted by atomic mass is 10.1. The first-order chi connectivity index (χ1) is 10.4. The Labute approximate surface area is 125 Å². The Kier molecular flexibility index (Phi) is 4.81. The molecule has 0 unspecified atom stereocenters. The summed E-state index contributed by atoms with van der Waals surface area (Å²) in [5.74, 6) is -0.00298. The standard InChI is InChI=1S/C14H16F3N5/c15-14(16,17)10-4-1-3-9(7-10)12-11(20-6-2-5-18)8-21-13(19)22-12/h1,3-4,7-8,20H,2,5-6,18H2,(H2,19,21,22). The molecule has 2 rings (SSSR count). The number of halogens is 3. The van der Waals surface area contributed by atoms with Gasteiger partial charge in [0.25, 0.3) is 0 Å². The molecule has 0 aliphatic heterocycles. The summed E-state index contributed by atoms with van der Waals surface area (Å²) in [6.07, 6.45) is -2.25. The third-order valence-electron chi connectivity index (χ3n) is 2.97. The van der Waals surface area contributed by atoms with Gasteiger partial charge in [-0.1, -0.05) is 12.1 Å². The maximum Gasteiger partial charge on any atom is 0.416 e. The number of alkyl halides is 3. The minimum atomic E-state index is -4.41. The van der Waals surface area contributed by atoms with Crippen LogP contribution in [0.4, 0.5) is 24.8 Å². The van der Waals surface area contributed by atoms with Crippen molar-refractivity contribution < 1.29 is 13.2 Å². The highest BCUT2D eigenvalue weighted by Crippen LogP contribution is 2.33. The summed E-state index contributed by atoms with van der Waals surface area (Å²) in [5.41, 5.74) is 11.4. The molecule has 0 atom stereocenters. The fourth-order valence-corrected chi connectivity index (χ4v) is 1.91. The number of rotatable bonds is 5. The molecule has 5 N–H and O–H groups in total. The summed E-state index contributed by atoms with van der Waals surface area (Å²) in [4.78, 5) is 7.92. The lowest BCUT2D eigenvalue weighted by Crippen LogP contribution is -2.11. The molecule has 118 valence electrons. The number of nitrogen functional groups attached to an aromatic ring is 1. The monoisotopic (exact) mass is 311 g/mol. The maximum atomic E-state index is 12.8. The number of hydrogen-bond acceptors (Lipinski definition) is 5. The van der Waals surface area contributed by atoms with Crippen LogP contribution in [0.3, 0.4) is 0 Å². The van der Waals surface area contributed by atoms with E-state index in [4.69, 9.17) is 11.5 Å². The van der Waals surface area contributed by atoms with Crippen molar-refractivity contribution in [1.29, 1.82) is 0 Å². The number of nitrogens with two attached hydrogens (primary N) is 2. The van der Waals surface area contributed by atoms with E-state index in [2.05, 4.69) is 15.3 Å². The van der Waals surface area contributed by atoms with E-state index in [0.29, 0.717) is 36.5 Å². The summed E-state index contributed by atoms with van der Waals surface area (Å²) in [6, 6.07) is 4.93. The van der Waals surface area contributed by atoms with Gasteiger partial charge in [0.2, 0.25) is 5.95 Å². The normalized spacial score (nSPS) is 11.5. The summed E-state index contributed by atoms with van der Waals surface area (Å²) < 4.78 is 38.5. The second-order valence-electron chi connectivity index (χ2n) is 4.64. The highest BCUT2D eigenvalue weighted by atomic mass is 19.4. The number of aromatic nitrogens is 2. The van der Waals surface area contributed by atoms with Gasteiger partial charge >= 0.3 is 6.18 Å². The number of hydrogen-bond donors (Lipinski definition) is 3. The molecule has 0 amide bonds. The summed E-state index contributed by atoms with van der Waals surface area (Å²) >= 11 is 0. The van der Waals surface area contributed by atoms with Gasteiger partial charge in [-0.05, 0) is 25.1 Å². The Bertz CT molecular complexity index is 643. The minimum absolute atomic E-state index is 0.00298. The zero-order valence-corrected chi connectivity index (χ0v) is 11.7. The molecular formula is C14H16F3N5. The quantitative estimate of drug-likeness (QED) is 0.738. The van der Waals surface area contributed by atoms with Crippen LogP contribution < -0.4 is 16.8 Å². The predicted molar refractivity (Wildman–Crippen MR) is 79.0 cm³/mol. The maximum absolute atomic E-state index is 12.8. The molecule has 22 heavy (non-hydrogen) atoms. The molecule has 0 aliphatic rings. The van der Waals surface area contributed by atoms with Crippen molar-refractivity contribution in [3.63, 3.8) is 0 Å². The van der Waals surface area contributed by atoms with Gasteiger partial charge in [-0.15, -0.1) is 0 Å². The number of benzene rings is 1. The van der Waals surface area contributed by atoms with E-state index in [9.17, 15) is 13.2 Å². The predicted octanol–water partition coefficient (Wildman–Crippen LogP) is 2.51. The van der Waals surface area contributed by atoms with E-state index in [-0.39, 0.29) is 5.95 Å². The molecule has 1 aromatic heterocycles. The van der Waals surface area contributed by atoms with E-state index in [0.717, 1.165) is 12.1 Å². The van der Waals surface area contributed by atoms with Crippen molar-refractivity contribution in [3.8, 4) is 11.3 Å². The van der Waals surface area contributed by atoms with Gasteiger partial charge in [-0.25, -0.2) is 9.97 Å². The molecular weight excluding hydrogens is 295 g/mol. The fraction of sp³-hybridized carbons (Fsp3) is 0.286. The molecule has 0 fully saturated rings. The van der Waals surface area contributed by atoms with Gasteiger partial charge in [0.15, 0.2) is 0 Å². The summed E-state index contributed by atoms with van der Waals surface area (Å²) in [7, 11) is 0. The van der Waals surface area contributed by atoms with Crippen molar-refractivity contribution in [2.75, 3.05) is 24.1 Å². The second-order valence-corrected chi connectivity index (χ2v) is 4.64. The number of nitrogens with zero attached hydrogens (tertiary/aromatic N) is 2. The second kappa shape index (κ2) is 6.61. The van der Waals surface area contributed by atoms with Crippen LogP contribution in [0.5, 0.6) is 0 Å². The molecule has 1 heterocycles. The van der Waals surface area contributed by atoms with Crippen molar-refractivity contribution in [2.24, 2.45) is 5.73 Å². The molecule has 2 aromatic rings. The molecule has 0 bridgehead atoms. The molecule has 0 saturated carbocycles. The smallest absolute Gasteiger partial charge is 0.382 e. The third-order valence-corrected chi connectivity index (χ3v) is 2.97. The van der Waals surface area contributed by atoms with Crippen LogP contribution in [-0.4, -0.2) is 23.1 Å². The molecule has 0 spiro atoms. The van der Waals surface area contributed by atoms with E-state index in [1.165, 1.54) is 12.3 Å². The molecule has 0 aliphatic carbocycles. The van der Waals surface area contributed by atoms with Crippen molar-refractivity contribution in [2.45, 2.75) is 12.6 Å².